The highest BCUT2D eigenvalue weighted by Gasteiger charge is 2.43. The molecule has 0 spiro atoms. The molecule has 6 heterocycles. The van der Waals surface area contributed by atoms with Gasteiger partial charge in [-0.1, -0.05) is 0 Å². The van der Waals surface area contributed by atoms with E-state index in [9.17, 15) is 48.7 Å². The zero-order valence-corrected chi connectivity index (χ0v) is 29.5. The second kappa shape index (κ2) is 15.3. The summed E-state index contributed by atoms with van der Waals surface area (Å²) in [6.45, 7) is 2.59. The van der Waals surface area contributed by atoms with Gasteiger partial charge in [-0.3, -0.25) is 56.6 Å². The molecule has 6 rings (SSSR count). The van der Waals surface area contributed by atoms with Gasteiger partial charge < -0.3 is 29.5 Å². The van der Waals surface area contributed by atoms with Crippen molar-refractivity contribution in [2.24, 2.45) is 0 Å². The molecule has 6 N–H and O–H groups in total. The fraction of sp³-hybridized carbons (Fsp3) is 0.600. The Kier molecular flexibility index (Phi) is 11.2. The van der Waals surface area contributed by atoms with Gasteiger partial charge >= 0.3 is 24.9 Å². The van der Waals surface area contributed by atoms with E-state index in [2.05, 4.69) is 15.0 Å². The average Bonchev–Trinajstić information content (AvgIpc) is 3.78. The van der Waals surface area contributed by atoms with Gasteiger partial charge in [-0.15, -0.1) is 0 Å². The lowest BCUT2D eigenvalue weighted by Gasteiger charge is -2.24. The summed E-state index contributed by atoms with van der Waals surface area (Å²) in [5.74, 6) is 0. The summed E-state index contributed by atoms with van der Waals surface area (Å²) >= 11 is 0. The predicted molar refractivity (Wildman–Crippen MR) is 177 cm³/mol. The Hall–Kier alpha value is -4.09. The van der Waals surface area contributed by atoms with Gasteiger partial charge in [0, 0.05) is 54.5 Å². The van der Waals surface area contributed by atoms with Crippen LogP contribution in [0.3, 0.4) is 0 Å². The molecule has 3 saturated heterocycles. The lowest BCUT2D eigenvalue weighted by Crippen LogP contribution is -2.34. The van der Waals surface area contributed by atoms with E-state index in [1.165, 1.54) is 39.4 Å². The molecular weight excluding hydrogens is 731 g/mol. The molecule has 22 nitrogen and oxygen atoms in total. The number of hydrogen-bond acceptors (Lipinski definition) is 16. The molecule has 3 aliphatic heterocycles. The van der Waals surface area contributed by atoms with Gasteiger partial charge in [0.05, 0.1) is 38.1 Å². The average molecular weight is 771 g/mol. The van der Waals surface area contributed by atoms with Crippen molar-refractivity contribution in [1.29, 1.82) is 0 Å². The minimum atomic E-state index is -4.72. The first kappa shape index (κ1) is 38.6. The number of ether oxygens (including phenoxy) is 3. The molecule has 0 radical (unpaired) electrons. The summed E-state index contributed by atoms with van der Waals surface area (Å²) in [6, 6.07) is 0. The van der Waals surface area contributed by atoms with Crippen LogP contribution < -0.4 is 33.7 Å². The molecule has 9 atom stereocenters. The Balaban J connectivity index is 1.16. The Bertz CT molecular complexity index is 2000. The molecule has 290 valence electrons. The number of aryl methyl sites for hydroxylation is 3. The third-order valence-corrected chi connectivity index (χ3v) is 10.6. The van der Waals surface area contributed by atoms with Crippen LogP contribution in [0.1, 0.15) is 54.6 Å². The molecule has 0 saturated carbocycles. The molecule has 3 aromatic heterocycles. The van der Waals surface area contributed by atoms with Crippen molar-refractivity contribution in [2.75, 3.05) is 19.8 Å². The van der Waals surface area contributed by atoms with Crippen molar-refractivity contribution < 1.29 is 47.7 Å². The lowest BCUT2D eigenvalue weighted by atomic mass is 10.2. The van der Waals surface area contributed by atoms with Gasteiger partial charge in [-0.2, -0.15) is 0 Å². The van der Waals surface area contributed by atoms with Gasteiger partial charge in [0.1, 0.15) is 37.0 Å². The topological polar surface area (TPSA) is 298 Å². The van der Waals surface area contributed by atoms with Gasteiger partial charge in [0.25, 0.3) is 16.7 Å². The first-order valence-corrected chi connectivity index (χ1v) is 18.0. The van der Waals surface area contributed by atoms with Crippen LogP contribution in [-0.4, -0.2) is 100 Å². The highest BCUT2D eigenvalue weighted by atomic mass is 31.2. The smallest absolute Gasteiger partial charge is 0.390 e. The number of aliphatic hydroxyl groups is 3. The van der Waals surface area contributed by atoms with Crippen molar-refractivity contribution in [1.82, 2.24) is 28.7 Å². The second-order valence-electron chi connectivity index (χ2n) is 13.1. The SMILES string of the molecule is Cc1cn(C2CC(O)C(COP(=O)(OCC3OC(n4cc(C)c(=O)[nH]c4=O)CC3O)OCC3OC(n4cc(C)c(=O)[nH]c4=O)CC3O)O2)c(=O)[nH]c1=O. The monoisotopic (exact) mass is 770 g/mol. The van der Waals surface area contributed by atoms with E-state index in [0.717, 1.165) is 13.7 Å². The summed E-state index contributed by atoms with van der Waals surface area (Å²) in [5, 5.41) is 32.2. The van der Waals surface area contributed by atoms with Crippen LogP contribution in [-0.2, 0) is 32.3 Å². The Morgan fingerprint density at radius 3 is 1.11 bits per heavy atom. The minimum absolute atomic E-state index is 0.106. The molecule has 0 aliphatic carbocycles. The van der Waals surface area contributed by atoms with Crippen molar-refractivity contribution in [2.45, 2.75) is 95.3 Å². The number of phosphoric ester groups is 1. The largest absolute Gasteiger partial charge is 0.475 e. The van der Waals surface area contributed by atoms with Crippen LogP contribution in [0.15, 0.2) is 47.4 Å². The fourth-order valence-corrected chi connectivity index (χ4v) is 7.33. The summed E-state index contributed by atoms with van der Waals surface area (Å²) in [7, 11) is -4.72. The maximum atomic E-state index is 14.1. The third kappa shape index (κ3) is 8.36. The molecule has 53 heavy (non-hydrogen) atoms. The summed E-state index contributed by atoms with van der Waals surface area (Å²) < 4.78 is 51.4. The van der Waals surface area contributed by atoms with Gasteiger partial charge in [-0.25, -0.2) is 18.9 Å². The van der Waals surface area contributed by atoms with Crippen molar-refractivity contribution in [3.8, 4) is 0 Å². The molecule has 3 fully saturated rings. The van der Waals surface area contributed by atoms with E-state index in [0.29, 0.717) is 0 Å². The normalized spacial score (nSPS) is 29.8. The van der Waals surface area contributed by atoms with Crippen LogP contribution in [0, 0.1) is 20.8 Å². The zero-order valence-electron chi connectivity index (χ0n) is 28.6. The third-order valence-electron chi connectivity index (χ3n) is 9.17. The number of hydrogen-bond donors (Lipinski definition) is 6. The molecule has 0 bridgehead atoms. The van der Waals surface area contributed by atoms with E-state index >= 15 is 0 Å². The molecule has 3 aromatic rings. The summed E-state index contributed by atoms with van der Waals surface area (Å²) in [5.41, 5.74) is -3.47. The van der Waals surface area contributed by atoms with E-state index in [1.54, 1.807) is 0 Å². The molecule has 23 heteroatoms. The number of aliphatic hydroxyl groups excluding tert-OH is 3. The maximum absolute atomic E-state index is 14.1. The van der Waals surface area contributed by atoms with E-state index < -0.39 is 117 Å². The number of H-pyrrole nitrogens is 3. The Morgan fingerprint density at radius 2 is 0.849 bits per heavy atom. The zero-order chi connectivity index (χ0) is 38.4. The number of rotatable bonds is 12. The van der Waals surface area contributed by atoms with E-state index in [1.807, 2.05) is 0 Å². The standard InChI is InChI=1S/C30H39N6O16P/c1-13-7-34(28(43)31-25(13)40)22-4-16(37)19(50-22)10-47-53(46,48-11-20-17(38)5-23(51-20)35-8-14(2)26(41)32-29(35)44)49-12-21-18(39)6-24(52-21)36-9-15(3)27(42)33-30(36)45/h7-9,16-24,37-39H,4-6,10-12H2,1-3H3,(H,31,40,43)(H,32,41,44)(H,33,42,45). The number of phosphoric acid groups is 1. The number of aromatic nitrogens is 6. The van der Waals surface area contributed by atoms with Crippen molar-refractivity contribution >= 4 is 7.82 Å². The molecule has 0 aromatic carbocycles. The molecule has 9 unspecified atom stereocenters. The maximum Gasteiger partial charge on any atom is 0.475 e. The predicted octanol–water partition coefficient (Wildman–Crippen LogP) is -2.33. The van der Waals surface area contributed by atoms with E-state index in [4.69, 9.17) is 27.8 Å². The van der Waals surface area contributed by atoms with Gasteiger partial charge in [-0.05, 0) is 20.8 Å². The molecular formula is C30H39N6O16P. The molecule has 3 aliphatic rings. The van der Waals surface area contributed by atoms with Crippen LogP contribution in [0.25, 0.3) is 0 Å². The first-order valence-electron chi connectivity index (χ1n) is 16.5. The van der Waals surface area contributed by atoms with Crippen molar-refractivity contribution in [3.63, 3.8) is 0 Å². The van der Waals surface area contributed by atoms with Gasteiger partial charge in [0.15, 0.2) is 0 Å². The van der Waals surface area contributed by atoms with Crippen molar-refractivity contribution in [3.05, 3.63) is 97.8 Å². The fourth-order valence-electron chi connectivity index (χ4n) is 6.11. The van der Waals surface area contributed by atoms with E-state index in [-0.39, 0.29) is 36.0 Å². The Labute approximate surface area is 297 Å². The Morgan fingerprint density at radius 1 is 0.585 bits per heavy atom. The summed E-state index contributed by atoms with van der Waals surface area (Å²) in [4.78, 5) is 79.1. The number of nitrogens with zero attached hydrogens (tertiary/aromatic N) is 3. The highest BCUT2D eigenvalue weighted by molar-refractivity contribution is 7.48. The quantitative estimate of drug-likeness (QED) is 0.105. The van der Waals surface area contributed by atoms with Crippen LogP contribution in [0.4, 0.5) is 0 Å². The molecule has 0 amide bonds. The highest BCUT2D eigenvalue weighted by Crippen LogP contribution is 2.51. The minimum Gasteiger partial charge on any atom is -0.390 e. The summed E-state index contributed by atoms with van der Waals surface area (Å²) in [6.07, 6.45) is -6.86. The number of aromatic amines is 3. The van der Waals surface area contributed by atoms with Gasteiger partial charge in [0.2, 0.25) is 0 Å². The first-order chi connectivity index (χ1) is 25.0. The van der Waals surface area contributed by atoms with Crippen LogP contribution in [0.2, 0.25) is 0 Å². The van der Waals surface area contributed by atoms with Crippen LogP contribution >= 0.6 is 7.82 Å². The van der Waals surface area contributed by atoms with Crippen LogP contribution in [0.5, 0.6) is 0 Å². The second-order valence-corrected chi connectivity index (χ2v) is 14.7. The number of nitrogens with one attached hydrogen (secondary N) is 3. The lowest BCUT2D eigenvalue weighted by molar-refractivity contribution is -0.0712.